The number of ether oxygens (including phenoxy) is 2. The average molecular weight is 320 g/mol. The minimum atomic E-state index is -0.717. The molecule has 1 heterocycles. The van der Waals surface area contributed by atoms with Gasteiger partial charge < -0.3 is 20.1 Å². The van der Waals surface area contributed by atoms with Gasteiger partial charge in [-0.15, -0.1) is 0 Å². The van der Waals surface area contributed by atoms with Gasteiger partial charge in [-0.05, 0) is 64.4 Å². The van der Waals surface area contributed by atoms with Crippen molar-refractivity contribution in [2.45, 2.75) is 51.4 Å². The monoisotopic (exact) mass is 320 g/mol. The number of piperidine rings is 1. The summed E-state index contributed by atoms with van der Waals surface area (Å²) in [6.07, 6.45) is 1.51. The quantitative estimate of drug-likeness (QED) is 0.845. The molecule has 1 saturated heterocycles. The van der Waals surface area contributed by atoms with E-state index in [2.05, 4.69) is 10.6 Å². The number of rotatable bonds is 6. The van der Waals surface area contributed by atoms with E-state index in [1.54, 1.807) is 7.11 Å². The molecule has 128 valence electrons. The fourth-order valence-corrected chi connectivity index (χ4v) is 2.90. The van der Waals surface area contributed by atoms with Crippen molar-refractivity contribution in [1.29, 1.82) is 0 Å². The van der Waals surface area contributed by atoms with Crippen LogP contribution in [0.15, 0.2) is 24.3 Å². The molecule has 1 aliphatic rings. The van der Waals surface area contributed by atoms with Crippen molar-refractivity contribution in [2.24, 2.45) is 0 Å². The maximum Gasteiger partial charge on any atom is 0.252 e. The third-order valence-electron chi connectivity index (χ3n) is 4.29. The molecule has 1 aromatic carbocycles. The van der Waals surface area contributed by atoms with Gasteiger partial charge in [-0.25, -0.2) is 0 Å². The number of hydrogen-bond donors (Lipinski definition) is 2. The predicted octanol–water partition coefficient (Wildman–Crippen LogP) is 2.42. The summed E-state index contributed by atoms with van der Waals surface area (Å²) in [6.45, 7) is 7.58. The first-order valence-corrected chi connectivity index (χ1v) is 8.30. The number of carbonyl (C=O) groups excluding carboxylic acids is 1. The van der Waals surface area contributed by atoms with Crippen molar-refractivity contribution < 1.29 is 14.3 Å². The number of nitrogens with one attached hydrogen (secondary N) is 2. The van der Waals surface area contributed by atoms with E-state index in [4.69, 9.17) is 9.47 Å². The second-order valence-corrected chi connectivity index (χ2v) is 6.38. The normalized spacial score (nSPS) is 18.5. The maximum atomic E-state index is 12.7. The highest BCUT2D eigenvalue weighted by Crippen LogP contribution is 2.25. The zero-order valence-corrected chi connectivity index (χ0v) is 14.5. The molecule has 1 aromatic rings. The van der Waals surface area contributed by atoms with Crippen LogP contribution in [0.4, 0.5) is 0 Å². The number of methoxy groups -OCH3 is 1. The highest BCUT2D eigenvalue weighted by Gasteiger charge is 2.40. The maximum absolute atomic E-state index is 12.7. The smallest absolute Gasteiger partial charge is 0.252 e. The number of amides is 1. The lowest BCUT2D eigenvalue weighted by atomic mass is 9.90. The van der Waals surface area contributed by atoms with Crippen LogP contribution in [0.1, 0.15) is 45.2 Å². The van der Waals surface area contributed by atoms with Crippen molar-refractivity contribution >= 4 is 5.91 Å². The highest BCUT2D eigenvalue weighted by atomic mass is 16.5. The molecule has 0 aliphatic carbocycles. The van der Waals surface area contributed by atoms with Gasteiger partial charge in [0, 0.05) is 7.11 Å². The van der Waals surface area contributed by atoms with E-state index < -0.39 is 5.60 Å². The number of hydrogen-bond acceptors (Lipinski definition) is 4. The Hall–Kier alpha value is -1.59. The molecule has 0 saturated carbocycles. The molecule has 1 amide bonds. The molecule has 0 radical (unpaired) electrons. The Balaban J connectivity index is 2.05. The van der Waals surface area contributed by atoms with Crippen LogP contribution in [0.5, 0.6) is 5.75 Å². The second kappa shape index (κ2) is 7.79. The second-order valence-electron chi connectivity index (χ2n) is 6.38. The van der Waals surface area contributed by atoms with Gasteiger partial charge in [-0.1, -0.05) is 12.1 Å². The molecule has 0 bridgehead atoms. The largest absolute Gasteiger partial charge is 0.491 e. The van der Waals surface area contributed by atoms with E-state index in [0.717, 1.165) is 24.4 Å². The first-order valence-electron chi connectivity index (χ1n) is 8.30. The van der Waals surface area contributed by atoms with E-state index in [-0.39, 0.29) is 18.1 Å². The molecule has 1 fully saturated rings. The van der Waals surface area contributed by atoms with Crippen LogP contribution in [0, 0.1) is 0 Å². The zero-order chi connectivity index (χ0) is 16.9. The van der Waals surface area contributed by atoms with Gasteiger partial charge in [-0.3, -0.25) is 4.79 Å². The van der Waals surface area contributed by atoms with Gasteiger partial charge in [0.1, 0.15) is 11.4 Å². The lowest BCUT2D eigenvalue weighted by Gasteiger charge is -2.35. The van der Waals surface area contributed by atoms with Crippen molar-refractivity contribution in [3.63, 3.8) is 0 Å². The molecular weight excluding hydrogens is 292 g/mol. The summed E-state index contributed by atoms with van der Waals surface area (Å²) in [6, 6.07) is 7.76. The molecular formula is C18H28N2O3. The highest BCUT2D eigenvalue weighted by molar-refractivity contribution is 5.85. The van der Waals surface area contributed by atoms with E-state index in [0.29, 0.717) is 12.8 Å². The van der Waals surface area contributed by atoms with Crippen LogP contribution in [0.2, 0.25) is 0 Å². The third kappa shape index (κ3) is 4.45. The van der Waals surface area contributed by atoms with Gasteiger partial charge in [0.15, 0.2) is 0 Å². The number of carbonyl (C=O) groups is 1. The molecule has 0 aromatic heterocycles. The van der Waals surface area contributed by atoms with Crippen LogP contribution in [0.25, 0.3) is 0 Å². The Bertz CT molecular complexity index is 525. The van der Waals surface area contributed by atoms with Crippen LogP contribution in [0.3, 0.4) is 0 Å². The summed E-state index contributed by atoms with van der Waals surface area (Å²) in [5, 5.41) is 6.35. The van der Waals surface area contributed by atoms with Gasteiger partial charge >= 0.3 is 0 Å². The van der Waals surface area contributed by atoms with Gasteiger partial charge in [0.2, 0.25) is 0 Å². The Morgan fingerprint density at radius 3 is 2.57 bits per heavy atom. The lowest BCUT2D eigenvalue weighted by molar-refractivity contribution is -0.147. The molecule has 1 atom stereocenters. The van der Waals surface area contributed by atoms with Gasteiger partial charge in [0.05, 0.1) is 12.1 Å². The predicted molar refractivity (Wildman–Crippen MR) is 90.6 cm³/mol. The Morgan fingerprint density at radius 1 is 1.26 bits per heavy atom. The third-order valence-corrected chi connectivity index (χ3v) is 4.29. The Kier molecular flexibility index (Phi) is 6.02. The number of benzene rings is 1. The topological polar surface area (TPSA) is 59.6 Å². The van der Waals surface area contributed by atoms with Crippen LogP contribution < -0.4 is 15.4 Å². The first-order chi connectivity index (χ1) is 11.0. The summed E-state index contributed by atoms with van der Waals surface area (Å²) in [5.74, 6) is 0.783. The van der Waals surface area contributed by atoms with Crippen molar-refractivity contribution in [3.8, 4) is 5.75 Å². The standard InChI is InChI=1S/C18H28N2O3/c1-13(2)23-16-7-5-6-15(12-16)14(3)20-17(21)18(22-4)8-10-19-11-9-18/h5-7,12-14,19H,8-11H2,1-4H3,(H,20,21). The van der Waals surface area contributed by atoms with Crippen LogP contribution >= 0.6 is 0 Å². The van der Waals surface area contributed by atoms with E-state index in [1.807, 2.05) is 45.0 Å². The van der Waals surface area contributed by atoms with Gasteiger partial charge in [-0.2, -0.15) is 0 Å². The average Bonchev–Trinajstić information content (AvgIpc) is 2.55. The first kappa shape index (κ1) is 17.8. The van der Waals surface area contributed by atoms with E-state index >= 15 is 0 Å². The summed E-state index contributed by atoms with van der Waals surface area (Å²) >= 11 is 0. The summed E-state index contributed by atoms with van der Waals surface area (Å²) in [5.41, 5.74) is 0.308. The minimum absolute atomic E-state index is 0.0378. The molecule has 1 aliphatic heterocycles. The molecule has 2 rings (SSSR count). The van der Waals surface area contributed by atoms with Crippen molar-refractivity contribution in [1.82, 2.24) is 10.6 Å². The Morgan fingerprint density at radius 2 is 1.96 bits per heavy atom. The Labute approximate surface area is 138 Å². The van der Waals surface area contributed by atoms with Crippen molar-refractivity contribution in [3.05, 3.63) is 29.8 Å². The zero-order valence-electron chi connectivity index (χ0n) is 14.5. The van der Waals surface area contributed by atoms with Gasteiger partial charge in [0.25, 0.3) is 5.91 Å². The summed E-state index contributed by atoms with van der Waals surface area (Å²) < 4.78 is 11.3. The molecule has 23 heavy (non-hydrogen) atoms. The molecule has 5 nitrogen and oxygen atoms in total. The molecule has 5 heteroatoms. The van der Waals surface area contributed by atoms with Crippen LogP contribution in [-0.2, 0) is 9.53 Å². The van der Waals surface area contributed by atoms with Crippen LogP contribution in [-0.4, -0.2) is 37.8 Å². The minimum Gasteiger partial charge on any atom is -0.491 e. The molecule has 1 unspecified atom stereocenters. The molecule has 0 spiro atoms. The summed E-state index contributed by atoms with van der Waals surface area (Å²) in [4.78, 5) is 12.7. The molecule has 2 N–H and O–H groups in total. The fourth-order valence-electron chi connectivity index (χ4n) is 2.90. The summed E-state index contributed by atoms with van der Waals surface area (Å²) in [7, 11) is 1.62. The van der Waals surface area contributed by atoms with Crippen molar-refractivity contribution in [2.75, 3.05) is 20.2 Å². The van der Waals surface area contributed by atoms with E-state index in [9.17, 15) is 4.79 Å². The lowest BCUT2D eigenvalue weighted by Crippen LogP contribution is -2.54. The SMILES string of the molecule is COC1(C(=O)NC(C)c2cccc(OC(C)C)c2)CCNCC1. The fraction of sp³-hybridized carbons (Fsp3) is 0.611. The van der Waals surface area contributed by atoms with E-state index in [1.165, 1.54) is 0 Å².